The molecule has 0 spiro atoms. The first-order valence-corrected chi connectivity index (χ1v) is 3.25. The highest BCUT2D eigenvalue weighted by atomic mass is 19.3. The SMILES string of the molecule is Nc1c(C(F)F)cc(C=O)nc1F. The van der Waals surface area contributed by atoms with Crippen LogP contribution in [0.3, 0.4) is 0 Å². The first-order valence-electron chi connectivity index (χ1n) is 3.25. The van der Waals surface area contributed by atoms with Gasteiger partial charge in [-0.1, -0.05) is 0 Å². The summed E-state index contributed by atoms with van der Waals surface area (Å²) in [6.07, 6.45) is -2.75. The van der Waals surface area contributed by atoms with Crippen molar-refractivity contribution in [3.05, 3.63) is 23.3 Å². The van der Waals surface area contributed by atoms with Gasteiger partial charge in [0.15, 0.2) is 6.29 Å². The van der Waals surface area contributed by atoms with E-state index < -0.39 is 29.3 Å². The fraction of sp³-hybridized carbons (Fsp3) is 0.143. The fourth-order valence-electron chi connectivity index (χ4n) is 0.803. The number of halogens is 3. The van der Waals surface area contributed by atoms with E-state index in [0.717, 1.165) is 6.07 Å². The topological polar surface area (TPSA) is 56.0 Å². The lowest BCUT2D eigenvalue weighted by atomic mass is 10.2. The average molecular weight is 190 g/mol. The third kappa shape index (κ3) is 1.77. The molecule has 0 aromatic carbocycles. The molecule has 0 unspecified atom stereocenters. The number of aldehydes is 1. The maximum absolute atomic E-state index is 12.7. The van der Waals surface area contributed by atoms with Crippen LogP contribution in [0, 0.1) is 5.95 Å². The highest BCUT2D eigenvalue weighted by molar-refractivity contribution is 5.73. The van der Waals surface area contributed by atoms with Gasteiger partial charge >= 0.3 is 0 Å². The Kier molecular flexibility index (Phi) is 2.50. The maximum Gasteiger partial charge on any atom is 0.266 e. The molecule has 1 aromatic rings. The summed E-state index contributed by atoms with van der Waals surface area (Å²) >= 11 is 0. The molecule has 0 atom stereocenters. The second-order valence-electron chi connectivity index (χ2n) is 2.26. The highest BCUT2D eigenvalue weighted by Crippen LogP contribution is 2.26. The quantitative estimate of drug-likeness (QED) is 0.568. The molecule has 0 aliphatic rings. The number of pyridine rings is 1. The fourth-order valence-corrected chi connectivity index (χ4v) is 0.803. The van der Waals surface area contributed by atoms with Gasteiger partial charge < -0.3 is 5.73 Å². The van der Waals surface area contributed by atoms with Crippen LogP contribution in [0.25, 0.3) is 0 Å². The molecule has 13 heavy (non-hydrogen) atoms. The van der Waals surface area contributed by atoms with Crippen molar-refractivity contribution in [3.63, 3.8) is 0 Å². The summed E-state index contributed by atoms with van der Waals surface area (Å²) in [7, 11) is 0. The van der Waals surface area contributed by atoms with E-state index in [1.807, 2.05) is 0 Å². The Morgan fingerprint density at radius 2 is 2.15 bits per heavy atom. The van der Waals surface area contributed by atoms with Gasteiger partial charge in [0.05, 0.1) is 5.69 Å². The van der Waals surface area contributed by atoms with Gasteiger partial charge in [0.25, 0.3) is 6.43 Å². The maximum atomic E-state index is 12.7. The Hall–Kier alpha value is -1.59. The van der Waals surface area contributed by atoms with Crippen molar-refractivity contribution < 1.29 is 18.0 Å². The Morgan fingerprint density at radius 1 is 1.54 bits per heavy atom. The molecule has 0 fully saturated rings. The number of nitrogen functional groups attached to an aromatic ring is 1. The number of nitrogens with two attached hydrogens (primary N) is 1. The second-order valence-corrected chi connectivity index (χ2v) is 2.26. The van der Waals surface area contributed by atoms with E-state index in [2.05, 4.69) is 4.98 Å². The van der Waals surface area contributed by atoms with Crippen molar-refractivity contribution in [2.24, 2.45) is 0 Å². The molecule has 0 aliphatic carbocycles. The summed E-state index contributed by atoms with van der Waals surface area (Å²) in [5.74, 6) is -1.25. The zero-order valence-corrected chi connectivity index (χ0v) is 6.30. The highest BCUT2D eigenvalue weighted by Gasteiger charge is 2.16. The third-order valence-corrected chi connectivity index (χ3v) is 1.42. The van der Waals surface area contributed by atoms with Crippen LogP contribution in [-0.2, 0) is 0 Å². The average Bonchev–Trinajstić information content (AvgIpc) is 2.09. The van der Waals surface area contributed by atoms with Gasteiger partial charge in [0.2, 0.25) is 5.95 Å². The molecule has 0 radical (unpaired) electrons. The van der Waals surface area contributed by atoms with E-state index >= 15 is 0 Å². The summed E-state index contributed by atoms with van der Waals surface area (Å²) in [5.41, 5.74) is 3.14. The number of rotatable bonds is 2. The summed E-state index contributed by atoms with van der Waals surface area (Å²) in [6.45, 7) is 0. The standard InChI is InChI=1S/C7H5F3N2O/c8-6(9)4-1-3(2-13)12-7(10)5(4)11/h1-2,6H,11H2. The normalized spacial score (nSPS) is 10.5. The molecule has 3 nitrogen and oxygen atoms in total. The Bertz CT molecular complexity index is 341. The first kappa shape index (κ1) is 9.50. The molecule has 0 amide bonds. The molecular formula is C7H5F3N2O. The zero-order chi connectivity index (χ0) is 10.0. The van der Waals surface area contributed by atoms with E-state index in [1.54, 1.807) is 0 Å². The minimum Gasteiger partial charge on any atom is -0.395 e. The molecule has 2 N–H and O–H groups in total. The van der Waals surface area contributed by atoms with Gasteiger partial charge in [-0.25, -0.2) is 13.8 Å². The van der Waals surface area contributed by atoms with Crippen molar-refractivity contribution in [1.82, 2.24) is 4.98 Å². The minimum absolute atomic E-state index is 0.175. The Balaban J connectivity index is 3.32. The van der Waals surface area contributed by atoms with Crippen LogP contribution in [-0.4, -0.2) is 11.3 Å². The molecule has 0 saturated carbocycles. The summed E-state index contributed by atoms with van der Waals surface area (Å²) < 4.78 is 36.9. The smallest absolute Gasteiger partial charge is 0.266 e. The number of carbonyl (C=O) groups excluding carboxylic acids is 1. The number of nitrogens with zero attached hydrogens (tertiary/aromatic N) is 1. The van der Waals surface area contributed by atoms with Crippen molar-refractivity contribution in [3.8, 4) is 0 Å². The minimum atomic E-state index is -2.92. The van der Waals surface area contributed by atoms with Crippen LogP contribution in [0.2, 0.25) is 0 Å². The van der Waals surface area contributed by atoms with Crippen LogP contribution >= 0.6 is 0 Å². The van der Waals surface area contributed by atoms with Gasteiger partial charge in [-0.3, -0.25) is 4.79 Å². The number of carbonyl (C=O) groups is 1. The van der Waals surface area contributed by atoms with Crippen molar-refractivity contribution in [1.29, 1.82) is 0 Å². The third-order valence-electron chi connectivity index (χ3n) is 1.42. The van der Waals surface area contributed by atoms with Gasteiger partial charge in [-0.2, -0.15) is 4.39 Å². The summed E-state index contributed by atoms with van der Waals surface area (Å²) in [4.78, 5) is 13.2. The lowest BCUT2D eigenvalue weighted by Gasteiger charge is -2.04. The molecular weight excluding hydrogens is 185 g/mol. The van der Waals surface area contributed by atoms with Crippen molar-refractivity contribution in [2.75, 3.05) is 5.73 Å². The van der Waals surface area contributed by atoms with Crippen LogP contribution < -0.4 is 5.73 Å². The number of aromatic nitrogens is 1. The van der Waals surface area contributed by atoms with Crippen molar-refractivity contribution in [2.45, 2.75) is 6.43 Å². The van der Waals surface area contributed by atoms with Gasteiger partial charge in [-0.05, 0) is 6.07 Å². The molecule has 1 heterocycles. The molecule has 1 aromatic heterocycles. The zero-order valence-electron chi connectivity index (χ0n) is 6.30. The molecule has 70 valence electrons. The van der Waals surface area contributed by atoms with Crippen LogP contribution in [0.4, 0.5) is 18.9 Å². The number of anilines is 1. The first-order chi connectivity index (χ1) is 6.06. The molecule has 0 bridgehead atoms. The van der Waals surface area contributed by atoms with Gasteiger partial charge in [0, 0.05) is 5.56 Å². The van der Waals surface area contributed by atoms with E-state index in [0.29, 0.717) is 0 Å². The van der Waals surface area contributed by atoms with E-state index in [4.69, 9.17) is 5.73 Å². The molecule has 0 saturated heterocycles. The van der Waals surface area contributed by atoms with Gasteiger partial charge in [0.1, 0.15) is 5.69 Å². The summed E-state index contributed by atoms with van der Waals surface area (Å²) in [5, 5.41) is 0. The molecule has 6 heteroatoms. The van der Waals surface area contributed by atoms with E-state index in [1.165, 1.54) is 0 Å². The summed E-state index contributed by atoms with van der Waals surface area (Å²) in [6, 6.07) is 0.760. The van der Waals surface area contributed by atoms with Crippen LogP contribution in [0.15, 0.2) is 6.07 Å². The Morgan fingerprint density at radius 3 is 2.62 bits per heavy atom. The lowest BCUT2D eigenvalue weighted by Crippen LogP contribution is -2.03. The molecule has 1 rings (SSSR count). The van der Waals surface area contributed by atoms with Crippen LogP contribution in [0.1, 0.15) is 22.5 Å². The lowest BCUT2D eigenvalue weighted by molar-refractivity contribution is 0.111. The number of hydrogen-bond acceptors (Lipinski definition) is 3. The van der Waals surface area contributed by atoms with Gasteiger partial charge in [-0.15, -0.1) is 0 Å². The Labute approximate surface area is 71.4 Å². The number of alkyl halides is 2. The molecule has 0 aliphatic heterocycles. The van der Waals surface area contributed by atoms with Crippen LogP contribution in [0.5, 0.6) is 0 Å². The predicted molar refractivity (Wildman–Crippen MR) is 39.0 cm³/mol. The van der Waals surface area contributed by atoms with Crippen molar-refractivity contribution >= 4 is 12.0 Å². The van der Waals surface area contributed by atoms with E-state index in [9.17, 15) is 18.0 Å². The monoisotopic (exact) mass is 190 g/mol. The second kappa shape index (κ2) is 3.42. The predicted octanol–water partition coefficient (Wildman–Crippen LogP) is 1.55. The largest absolute Gasteiger partial charge is 0.395 e. The number of hydrogen-bond donors (Lipinski definition) is 1. The van der Waals surface area contributed by atoms with E-state index in [-0.39, 0.29) is 6.29 Å².